The Balaban J connectivity index is 2.45. The van der Waals surface area contributed by atoms with Gasteiger partial charge in [0.25, 0.3) is 4.84 Å². The third-order valence-electron chi connectivity index (χ3n) is 2.13. The number of fused-ring (bicyclic) bond motifs is 1. The highest BCUT2D eigenvalue weighted by molar-refractivity contribution is 7.71. The minimum Gasteiger partial charge on any atom is -0.429 e. The number of hydrogen-bond acceptors (Lipinski definition) is 2. The molecule has 0 spiro atoms. The molecule has 0 bridgehead atoms. The van der Waals surface area contributed by atoms with E-state index in [9.17, 15) is 0 Å². The molecule has 0 amide bonds. The van der Waals surface area contributed by atoms with E-state index in [1.165, 1.54) is 5.56 Å². The SMILES string of the molecule is CC(C)Cc1ccc2oc(=S)[nH]c2c1. The Bertz CT molecular complexity index is 495. The summed E-state index contributed by atoms with van der Waals surface area (Å²) in [5.74, 6) is 0.669. The summed E-state index contributed by atoms with van der Waals surface area (Å²) in [7, 11) is 0. The number of rotatable bonds is 2. The van der Waals surface area contributed by atoms with Gasteiger partial charge in [0.2, 0.25) is 0 Å². The van der Waals surface area contributed by atoms with Gasteiger partial charge < -0.3 is 9.40 Å². The summed E-state index contributed by atoms with van der Waals surface area (Å²) in [6, 6.07) is 6.17. The topological polar surface area (TPSA) is 28.9 Å². The van der Waals surface area contributed by atoms with Crippen molar-refractivity contribution in [3.8, 4) is 0 Å². The summed E-state index contributed by atoms with van der Waals surface area (Å²) in [5.41, 5.74) is 3.15. The predicted octanol–water partition coefficient (Wildman–Crippen LogP) is 3.69. The number of oxazole rings is 1. The summed E-state index contributed by atoms with van der Waals surface area (Å²) in [6.07, 6.45) is 1.09. The first-order valence-electron chi connectivity index (χ1n) is 4.77. The molecule has 0 unspecified atom stereocenters. The van der Waals surface area contributed by atoms with Crippen molar-refractivity contribution in [1.29, 1.82) is 0 Å². The Labute approximate surface area is 87.9 Å². The van der Waals surface area contributed by atoms with Crippen molar-refractivity contribution in [2.24, 2.45) is 5.92 Å². The molecule has 2 nitrogen and oxygen atoms in total. The molecule has 0 aliphatic heterocycles. The molecule has 74 valence electrons. The van der Waals surface area contributed by atoms with Crippen LogP contribution < -0.4 is 0 Å². The van der Waals surface area contributed by atoms with Gasteiger partial charge in [0.1, 0.15) is 0 Å². The average Bonchev–Trinajstić information content (AvgIpc) is 2.42. The molecule has 1 N–H and O–H groups in total. The lowest BCUT2D eigenvalue weighted by Crippen LogP contribution is -1.93. The van der Waals surface area contributed by atoms with Gasteiger partial charge in [-0.3, -0.25) is 0 Å². The molecule has 2 rings (SSSR count). The van der Waals surface area contributed by atoms with E-state index in [4.69, 9.17) is 16.6 Å². The minimum atomic E-state index is 0.446. The molecule has 0 aliphatic rings. The zero-order chi connectivity index (χ0) is 10.1. The normalized spacial score (nSPS) is 11.4. The van der Waals surface area contributed by atoms with Gasteiger partial charge in [-0.2, -0.15) is 0 Å². The van der Waals surface area contributed by atoms with E-state index < -0.39 is 0 Å². The van der Waals surface area contributed by atoms with Crippen LogP contribution >= 0.6 is 12.2 Å². The maximum absolute atomic E-state index is 5.29. The van der Waals surface area contributed by atoms with Gasteiger partial charge >= 0.3 is 0 Å². The van der Waals surface area contributed by atoms with E-state index in [-0.39, 0.29) is 0 Å². The Morgan fingerprint density at radius 1 is 1.43 bits per heavy atom. The fraction of sp³-hybridized carbons (Fsp3) is 0.364. The second-order valence-electron chi connectivity index (χ2n) is 3.94. The van der Waals surface area contributed by atoms with E-state index in [1.807, 2.05) is 6.07 Å². The predicted molar refractivity (Wildman–Crippen MR) is 59.9 cm³/mol. The summed E-state index contributed by atoms with van der Waals surface area (Å²) >= 11 is 4.92. The molecule has 0 radical (unpaired) electrons. The molecule has 1 aromatic carbocycles. The van der Waals surface area contributed by atoms with Gasteiger partial charge in [-0.1, -0.05) is 19.9 Å². The highest BCUT2D eigenvalue weighted by atomic mass is 32.1. The lowest BCUT2D eigenvalue weighted by molar-refractivity contribution is 0.583. The van der Waals surface area contributed by atoms with Gasteiger partial charge in [0.15, 0.2) is 5.58 Å². The third-order valence-corrected chi connectivity index (χ3v) is 2.31. The Kier molecular flexibility index (Phi) is 2.42. The van der Waals surface area contributed by atoms with Crippen LogP contribution in [0.4, 0.5) is 0 Å². The number of aromatic amines is 1. The Hall–Kier alpha value is -1.09. The van der Waals surface area contributed by atoms with Crippen LogP contribution in [0, 0.1) is 10.8 Å². The fourth-order valence-electron chi connectivity index (χ4n) is 1.60. The second-order valence-corrected chi connectivity index (χ2v) is 4.31. The Morgan fingerprint density at radius 2 is 2.21 bits per heavy atom. The van der Waals surface area contributed by atoms with Gasteiger partial charge in [-0.15, -0.1) is 0 Å². The largest absolute Gasteiger partial charge is 0.429 e. The number of aromatic nitrogens is 1. The lowest BCUT2D eigenvalue weighted by atomic mass is 10.0. The highest BCUT2D eigenvalue weighted by Gasteiger charge is 2.02. The molecule has 0 aliphatic carbocycles. The van der Waals surface area contributed by atoms with Crippen LogP contribution in [0.1, 0.15) is 19.4 Å². The standard InChI is InChI=1S/C11H13NOS/c1-7(2)5-8-3-4-10-9(6-8)12-11(14)13-10/h3-4,6-7H,5H2,1-2H3,(H,12,14). The van der Waals surface area contributed by atoms with E-state index in [2.05, 4.69) is 31.0 Å². The zero-order valence-electron chi connectivity index (χ0n) is 8.33. The molecular formula is C11H13NOS. The van der Waals surface area contributed by atoms with Gasteiger partial charge in [-0.25, -0.2) is 0 Å². The van der Waals surface area contributed by atoms with Crippen molar-refractivity contribution in [3.63, 3.8) is 0 Å². The van der Waals surface area contributed by atoms with Crippen molar-refractivity contribution in [3.05, 3.63) is 28.6 Å². The van der Waals surface area contributed by atoms with Crippen molar-refractivity contribution >= 4 is 23.3 Å². The molecule has 0 atom stereocenters. The van der Waals surface area contributed by atoms with E-state index in [0.717, 1.165) is 17.5 Å². The minimum absolute atomic E-state index is 0.446. The molecule has 0 saturated heterocycles. The fourth-order valence-corrected chi connectivity index (χ4v) is 1.80. The molecule has 1 heterocycles. The maximum atomic E-state index is 5.29. The smallest absolute Gasteiger partial charge is 0.266 e. The summed E-state index contributed by atoms with van der Waals surface area (Å²) in [5, 5.41) is 0. The van der Waals surface area contributed by atoms with Crippen LogP contribution in [0.3, 0.4) is 0 Å². The monoisotopic (exact) mass is 207 g/mol. The first kappa shape index (κ1) is 9.46. The molecular weight excluding hydrogens is 194 g/mol. The van der Waals surface area contributed by atoms with E-state index in [0.29, 0.717) is 10.8 Å². The number of H-pyrrole nitrogens is 1. The number of benzene rings is 1. The first-order chi connectivity index (χ1) is 6.65. The molecule has 1 aromatic heterocycles. The van der Waals surface area contributed by atoms with E-state index in [1.54, 1.807) is 0 Å². The summed E-state index contributed by atoms with van der Waals surface area (Å²) in [6.45, 7) is 4.42. The molecule has 3 heteroatoms. The molecule has 0 saturated carbocycles. The first-order valence-corrected chi connectivity index (χ1v) is 5.18. The van der Waals surface area contributed by atoms with Crippen molar-refractivity contribution in [2.75, 3.05) is 0 Å². The van der Waals surface area contributed by atoms with Crippen LogP contribution in [0.15, 0.2) is 22.6 Å². The Morgan fingerprint density at radius 3 is 2.93 bits per heavy atom. The number of nitrogens with one attached hydrogen (secondary N) is 1. The quantitative estimate of drug-likeness (QED) is 0.761. The van der Waals surface area contributed by atoms with Crippen molar-refractivity contribution < 1.29 is 4.42 Å². The van der Waals surface area contributed by atoms with Crippen molar-refractivity contribution in [1.82, 2.24) is 4.98 Å². The van der Waals surface area contributed by atoms with Crippen LogP contribution in [0.2, 0.25) is 0 Å². The zero-order valence-corrected chi connectivity index (χ0v) is 9.15. The second kappa shape index (κ2) is 3.58. The van der Waals surface area contributed by atoms with Gasteiger partial charge in [0, 0.05) is 0 Å². The maximum Gasteiger partial charge on any atom is 0.266 e. The molecule has 0 fully saturated rings. The summed E-state index contributed by atoms with van der Waals surface area (Å²) < 4.78 is 5.29. The van der Waals surface area contributed by atoms with Gasteiger partial charge in [0.05, 0.1) is 5.52 Å². The third kappa shape index (κ3) is 1.87. The van der Waals surface area contributed by atoms with Crippen molar-refractivity contribution in [2.45, 2.75) is 20.3 Å². The average molecular weight is 207 g/mol. The molecule has 14 heavy (non-hydrogen) atoms. The van der Waals surface area contributed by atoms with Gasteiger partial charge in [-0.05, 0) is 42.3 Å². The van der Waals surface area contributed by atoms with Crippen LogP contribution in [0.5, 0.6) is 0 Å². The number of hydrogen-bond donors (Lipinski definition) is 1. The highest BCUT2D eigenvalue weighted by Crippen LogP contribution is 2.17. The summed E-state index contributed by atoms with van der Waals surface area (Å²) in [4.78, 5) is 3.47. The van der Waals surface area contributed by atoms with E-state index >= 15 is 0 Å². The van der Waals surface area contributed by atoms with Crippen LogP contribution in [-0.4, -0.2) is 4.98 Å². The van der Waals surface area contributed by atoms with Crippen LogP contribution in [-0.2, 0) is 6.42 Å². The van der Waals surface area contributed by atoms with Crippen LogP contribution in [0.25, 0.3) is 11.1 Å². The lowest BCUT2D eigenvalue weighted by Gasteiger charge is -2.03. The molecule has 2 aromatic rings.